The molecule has 2 saturated heterocycles. The van der Waals surface area contributed by atoms with Gasteiger partial charge in [0.05, 0.1) is 19.8 Å². The maximum atomic E-state index is 12.4. The van der Waals surface area contributed by atoms with Gasteiger partial charge < -0.3 is 23.7 Å². The molecule has 2 aliphatic rings. The molecule has 4 rings (SSSR count). The third kappa shape index (κ3) is 6.65. The van der Waals surface area contributed by atoms with Crippen molar-refractivity contribution >= 4 is 6.09 Å². The van der Waals surface area contributed by atoms with Crippen LogP contribution in [-0.4, -0.2) is 66.5 Å². The maximum Gasteiger partial charge on any atom is 0.410 e. The summed E-state index contributed by atoms with van der Waals surface area (Å²) in [5, 5.41) is 0. The molecular weight excluding hydrogens is 506 g/mol. The average Bonchev–Trinajstić information content (AvgIpc) is 2.93. The fourth-order valence-corrected chi connectivity index (χ4v) is 6.25. The first kappa shape index (κ1) is 30.0. The van der Waals surface area contributed by atoms with Gasteiger partial charge >= 0.3 is 6.09 Å². The van der Waals surface area contributed by atoms with Crippen molar-refractivity contribution in [3.63, 3.8) is 0 Å². The molecular formula is C32H47N3O5. The summed E-state index contributed by atoms with van der Waals surface area (Å²) in [5.41, 5.74) is 4.32. The van der Waals surface area contributed by atoms with E-state index in [9.17, 15) is 9.59 Å². The molecule has 2 aromatic rings. The van der Waals surface area contributed by atoms with Crippen LogP contribution in [-0.2, 0) is 18.3 Å². The lowest BCUT2D eigenvalue weighted by molar-refractivity contribution is 0.0134. The Morgan fingerprint density at radius 1 is 0.900 bits per heavy atom. The SMILES string of the molecule is COc1cc(-c2cn(C)c(=O)c(C)c2C)cc(OC)c1CN1CCC(C2CCN(C(=O)OC(C)(C)C)CC2)CC1. The summed E-state index contributed by atoms with van der Waals surface area (Å²) in [6, 6.07) is 4.13. The van der Waals surface area contributed by atoms with Gasteiger partial charge in [-0.25, -0.2) is 4.79 Å². The normalized spacial score (nSPS) is 17.6. The zero-order valence-corrected chi connectivity index (χ0v) is 25.6. The lowest BCUT2D eigenvalue weighted by Gasteiger charge is -2.40. The Morgan fingerprint density at radius 3 is 1.93 bits per heavy atom. The standard InChI is InChI=1S/C32H47N3O5/c1-21-22(2)30(36)33(6)19-26(21)25-17-28(38-7)27(29(18-25)39-8)20-34-13-9-23(10-14-34)24-11-15-35(16-12-24)31(37)40-32(3,4)5/h17-19,23-24H,9-16,20H2,1-8H3. The van der Waals surface area contributed by atoms with Crippen LogP contribution in [0.1, 0.15) is 63.1 Å². The first-order valence-corrected chi connectivity index (χ1v) is 14.5. The van der Waals surface area contributed by atoms with Crippen molar-refractivity contribution in [3.05, 3.63) is 45.4 Å². The highest BCUT2D eigenvalue weighted by atomic mass is 16.6. The second-order valence-electron chi connectivity index (χ2n) is 12.5. The van der Waals surface area contributed by atoms with E-state index in [0.717, 1.165) is 97.7 Å². The van der Waals surface area contributed by atoms with Gasteiger partial charge in [0.15, 0.2) is 0 Å². The molecule has 2 aliphatic heterocycles. The molecule has 8 nitrogen and oxygen atoms in total. The summed E-state index contributed by atoms with van der Waals surface area (Å²) in [5.74, 6) is 2.96. The fourth-order valence-electron chi connectivity index (χ4n) is 6.25. The minimum absolute atomic E-state index is 0.0220. The Bertz CT molecular complexity index is 1240. The van der Waals surface area contributed by atoms with Crippen molar-refractivity contribution in [2.75, 3.05) is 40.4 Å². The van der Waals surface area contributed by atoms with Crippen LogP contribution in [0, 0.1) is 25.7 Å². The number of benzene rings is 1. The molecule has 220 valence electrons. The number of ether oxygens (including phenoxy) is 3. The van der Waals surface area contributed by atoms with E-state index in [2.05, 4.69) is 17.0 Å². The zero-order chi connectivity index (χ0) is 29.2. The van der Waals surface area contributed by atoms with Crippen molar-refractivity contribution in [1.82, 2.24) is 14.4 Å². The van der Waals surface area contributed by atoms with Gasteiger partial charge in [-0.3, -0.25) is 9.69 Å². The lowest BCUT2D eigenvalue weighted by atomic mass is 9.79. The Kier molecular flexibility index (Phi) is 9.18. The molecule has 0 N–H and O–H groups in total. The van der Waals surface area contributed by atoms with Crippen LogP contribution < -0.4 is 15.0 Å². The third-order valence-electron chi connectivity index (χ3n) is 8.72. The molecule has 0 aliphatic carbocycles. The summed E-state index contributed by atoms with van der Waals surface area (Å²) < 4.78 is 18.9. The molecule has 1 amide bonds. The first-order chi connectivity index (χ1) is 18.9. The number of pyridine rings is 1. The van der Waals surface area contributed by atoms with Crippen LogP contribution in [0.5, 0.6) is 11.5 Å². The number of aromatic nitrogens is 1. The van der Waals surface area contributed by atoms with Gasteiger partial charge in [0.25, 0.3) is 5.56 Å². The van der Waals surface area contributed by atoms with Crippen LogP contribution in [0.2, 0.25) is 0 Å². The summed E-state index contributed by atoms with van der Waals surface area (Å²) >= 11 is 0. The van der Waals surface area contributed by atoms with E-state index in [1.165, 1.54) is 0 Å². The van der Waals surface area contributed by atoms with Crippen LogP contribution in [0.3, 0.4) is 0 Å². The van der Waals surface area contributed by atoms with Crippen LogP contribution >= 0.6 is 0 Å². The Labute approximate surface area is 239 Å². The fraction of sp³-hybridized carbons (Fsp3) is 0.625. The number of piperidine rings is 2. The monoisotopic (exact) mass is 553 g/mol. The van der Waals surface area contributed by atoms with Crippen LogP contribution in [0.4, 0.5) is 4.79 Å². The molecule has 1 aromatic heterocycles. The maximum absolute atomic E-state index is 12.4. The van der Waals surface area contributed by atoms with Crippen molar-refractivity contribution in [1.29, 1.82) is 0 Å². The molecule has 0 atom stereocenters. The zero-order valence-electron chi connectivity index (χ0n) is 25.6. The van der Waals surface area contributed by atoms with Gasteiger partial charge in [-0.05, 0) is 108 Å². The Balaban J connectivity index is 1.40. The van der Waals surface area contributed by atoms with E-state index in [0.29, 0.717) is 11.8 Å². The minimum atomic E-state index is -0.453. The van der Waals surface area contributed by atoms with Gasteiger partial charge in [0.1, 0.15) is 17.1 Å². The van der Waals surface area contributed by atoms with E-state index in [4.69, 9.17) is 14.2 Å². The van der Waals surface area contributed by atoms with Crippen LogP contribution in [0.15, 0.2) is 23.1 Å². The molecule has 40 heavy (non-hydrogen) atoms. The number of carbonyl (C=O) groups excluding carboxylic acids is 1. The van der Waals surface area contributed by atoms with Gasteiger partial charge in [-0.15, -0.1) is 0 Å². The minimum Gasteiger partial charge on any atom is -0.496 e. The number of rotatable bonds is 6. The number of hydrogen-bond acceptors (Lipinski definition) is 6. The molecule has 0 radical (unpaired) electrons. The molecule has 0 saturated carbocycles. The van der Waals surface area contributed by atoms with Gasteiger partial charge in [-0.2, -0.15) is 0 Å². The smallest absolute Gasteiger partial charge is 0.410 e. The van der Waals surface area contributed by atoms with E-state index in [1.807, 2.05) is 45.7 Å². The highest BCUT2D eigenvalue weighted by Gasteiger charge is 2.33. The molecule has 0 spiro atoms. The summed E-state index contributed by atoms with van der Waals surface area (Å²) in [6.45, 7) is 14.0. The Hall–Kier alpha value is -3.00. The number of nitrogens with zero attached hydrogens (tertiary/aromatic N) is 3. The highest BCUT2D eigenvalue weighted by Crippen LogP contribution is 2.39. The quantitative estimate of drug-likeness (QED) is 0.467. The largest absolute Gasteiger partial charge is 0.496 e. The topological polar surface area (TPSA) is 73.2 Å². The molecule has 3 heterocycles. The van der Waals surface area contributed by atoms with E-state index < -0.39 is 5.60 Å². The number of carbonyl (C=O) groups is 1. The van der Waals surface area contributed by atoms with Gasteiger partial charge in [-0.1, -0.05) is 0 Å². The van der Waals surface area contributed by atoms with Gasteiger partial charge in [0, 0.05) is 44.0 Å². The predicted octanol–water partition coefficient (Wildman–Crippen LogP) is 5.55. The van der Waals surface area contributed by atoms with Crippen molar-refractivity contribution < 1.29 is 19.0 Å². The van der Waals surface area contributed by atoms with Crippen molar-refractivity contribution in [2.24, 2.45) is 18.9 Å². The van der Waals surface area contributed by atoms with Crippen LogP contribution in [0.25, 0.3) is 11.1 Å². The average molecular weight is 554 g/mol. The van der Waals surface area contributed by atoms with Crippen molar-refractivity contribution in [3.8, 4) is 22.6 Å². The third-order valence-corrected chi connectivity index (χ3v) is 8.72. The van der Waals surface area contributed by atoms with E-state index >= 15 is 0 Å². The number of methoxy groups -OCH3 is 2. The molecule has 8 heteroatoms. The number of hydrogen-bond donors (Lipinski definition) is 0. The number of aryl methyl sites for hydroxylation is 1. The van der Waals surface area contributed by atoms with Crippen molar-refractivity contribution in [2.45, 2.75) is 72.4 Å². The van der Waals surface area contributed by atoms with Gasteiger partial charge in [0.2, 0.25) is 0 Å². The summed E-state index contributed by atoms with van der Waals surface area (Å²) in [6.07, 6.45) is 6.14. The van der Waals surface area contributed by atoms with E-state index in [-0.39, 0.29) is 11.7 Å². The second kappa shape index (κ2) is 12.2. The number of likely N-dealkylation sites (tertiary alicyclic amines) is 2. The number of amides is 1. The molecule has 2 fully saturated rings. The highest BCUT2D eigenvalue weighted by molar-refractivity contribution is 5.72. The second-order valence-corrected chi connectivity index (χ2v) is 12.5. The van der Waals surface area contributed by atoms with E-state index in [1.54, 1.807) is 25.8 Å². The predicted molar refractivity (Wildman–Crippen MR) is 158 cm³/mol. The summed E-state index contributed by atoms with van der Waals surface area (Å²) in [4.78, 5) is 29.2. The first-order valence-electron chi connectivity index (χ1n) is 14.5. The summed E-state index contributed by atoms with van der Waals surface area (Å²) in [7, 11) is 5.20. The molecule has 0 unspecified atom stereocenters. The lowest BCUT2D eigenvalue weighted by Crippen LogP contribution is -2.44. The molecule has 1 aromatic carbocycles. The Morgan fingerprint density at radius 2 is 1.43 bits per heavy atom. The molecule has 0 bridgehead atoms.